The minimum Gasteiger partial charge on any atom is -0.386 e. The largest absolute Gasteiger partial charge is 0.386 e. The molecule has 0 amide bonds. The molecule has 1 aliphatic rings. The molecule has 0 aromatic carbocycles. The fourth-order valence-corrected chi connectivity index (χ4v) is 3.43. The molecule has 1 aromatic rings. The molecule has 1 heterocycles. The van der Waals surface area contributed by atoms with E-state index >= 15 is 0 Å². The van der Waals surface area contributed by atoms with Crippen molar-refractivity contribution >= 4 is 27.3 Å². The molecule has 2 rings (SSSR count). The van der Waals surface area contributed by atoms with Crippen molar-refractivity contribution in [3.8, 4) is 0 Å². The van der Waals surface area contributed by atoms with Gasteiger partial charge in [0.25, 0.3) is 0 Å². The van der Waals surface area contributed by atoms with Gasteiger partial charge in [-0.05, 0) is 40.9 Å². The summed E-state index contributed by atoms with van der Waals surface area (Å²) in [5.41, 5.74) is 0. The Labute approximate surface area is 103 Å². The summed E-state index contributed by atoms with van der Waals surface area (Å²) in [7, 11) is 0. The van der Waals surface area contributed by atoms with Gasteiger partial charge in [-0.15, -0.1) is 11.3 Å². The first-order valence-corrected chi connectivity index (χ1v) is 7.03. The summed E-state index contributed by atoms with van der Waals surface area (Å²) in [6.45, 7) is 0.678. The van der Waals surface area contributed by atoms with Crippen molar-refractivity contribution in [2.45, 2.75) is 37.8 Å². The molecule has 1 aromatic heterocycles. The number of halogens is 1. The quantitative estimate of drug-likeness (QED) is 0.893. The fourth-order valence-electron chi connectivity index (χ4n) is 2.02. The number of hydrogen-bond acceptors (Lipinski definition) is 3. The molecule has 1 aliphatic carbocycles. The Kier molecular flexibility index (Phi) is 4.20. The molecule has 1 saturated carbocycles. The highest BCUT2D eigenvalue weighted by atomic mass is 79.9. The molecule has 0 radical (unpaired) electrons. The van der Waals surface area contributed by atoms with Crippen LogP contribution in [0.5, 0.6) is 0 Å². The van der Waals surface area contributed by atoms with Gasteiger partial charge in [0.15, 0.2) is 0 Å². The molecule has 2 N–H and O–H groups in total. The normalized spacial score (nSPS) is 19.6. The van der Waals surface area contributed by atoms with E-state index in [1.54, 1.807) is 11.3 Å². The second-order valence-corrected chi connectivity index (χ2v) is 6.54. The highest BCUT2D eigenvalue weighted by Gasteiger charge is 2.16. The number of rotatable bonds is 4. The van der Waals surface area contributed by atoms with Crippen LogP contribution < -0.4 is 5.32 Å². The SMILES string of the molecule is OC(CNC1CCCC1)c1ccc(Br)s1. The van der Waals surface area contributed by atoms with Crippen LogP contribution in [0.1, 0.15) is 36.7 Å². The minimum absolute atomic E-state index is 0.359. The van der Waals surface area contributed by atoms with Crippen molar-refractivity contribution in [3.05, 3.63) is 20.8 Å². The number of aliphatic hydroxyl groups excluding tert-OH is 1. The van der Waals surface area contributed by atoms with Crippen molar-refractivity contribution in [1.29, 1.82) is 0 Å². The maximum atomic E-state index is 9.92. The summed E-state index contributed by atoms with van der Waals surface area (Å²) in [5, 5.41) is 13.4. The van der Waals surface area contributed by atoms with Gasteiger partial charge >= 0.3 is 0 Å². The second kappa shape index (κ2) is 5.43. The molecule has 84 valence electrons. The van der Waals surface area contributed by atoms with Crippen molar-refractivity contribution in [2.24, 2.45) is 0 Å². The minimum atomic E-state index is -0.359. The molecule has 0 bridgehead atoms. The van der Waals surface area contributed by atoms with Gasteiger partial charge in [-0.25, -0.2) is 0 Å². The molecule has 1 fully saturated rings. The molecule has 0 spiro atoms. The van der Waals surface area contributed by atoms with E-state index in [-0.39, 0.29) is 6.10 Å². The van der Waals surface area contributed by atoms with Gasteiger partial charge in [-0.2, -0.15) is 0 Å². The van der Waals surface area contributed by atoms with Crippen LogP contribution in [0.25, 0.3) is 0 Å². The third-order valence-corrected chi connectivity index (χ3v) is 4.60. The van der Waals surface area contributed by atoms with E-state index in [0.717, 1.165) is 8.66 Å². The monoisotopic (exact) mass is 289 g/mol. The molecule has 4 heteroatoms. The van der Waals surface area contributed by atoms with Crippen LogP contribution in [-0.4, -0.2) is 17.7 Å². The Bertz CT molecular complexity index is 309. The standard InChI is InChI=1S/C11H16BrNOS/c12-11-6-5-10(15-11)9(14)7-13-8-3-1-2-4-8/h5-6,8-9,13-14H,1-4,7H2. The molecule has 2 nitrogen and oxygen atoms in total. The first-order valence-electron chi connectivity index (χ1n) is 5.42. The van der Waals surface area contributed by atoms with Gasteiger partial charge in [0, 0.05) is 17.5 Å². The Morgan fingerprint density at radius 3 is 2.80 bits per heavy atom. The van der Waals surface area contributed by atoms with Gasteiger partial charge in [0.1, 0.15) is 6.10 Å². The molecule has 1 unspecified atom stereocenters. The number of aliphatic hydroxyl groups is 1. The lowest BCUT2D eigenvalue weighted by molar-refractivity contribution is 0.173. The predicted molar refractivity (Wildman–Crippen MR) is 67.2 cm³/mol. The van der Waals surface area contributed by atoms with Gasteiger partial charge < -0.3 is 10.4 Å². The molecular formula is C11H16BrNOS. The zero-order valence-corrected chi connectivity index (χ0v) is 11.0. The first kappa shape index (κ1) is 11.6. The van der Waals surface area contributed by atoms with Gasteiger partial charge in [-0.3, -0.25) is 0 Å². The topological polar surface area (TPSA) is 32.3 Å². The molecule has 0 aliphatic heterocycles. The van der Waals surface area contributed by atoms with E-state index in [1.807, 2.05) is 12.1 Å². The summed E-state index contributed by atoms with van der Waals surface area (Å²) >= 11 is 5.01. The van der Waals surface area contributed by atoms with E-state index in [0.29, 0.717) is 12.6 Å². The van der Waals surface area contributed by atoms with Crippen LogP contribution >= 0.6 is 27.3 Å². The van der Waals surface area contributed by atoms with Crippen LogP contribution in [0, 0.1) is 0 Å². The van der Waals surface area contributed by atoms with E-state index < -0.39 is 0 Å². The smallest absolute Gasteiger partial charge is 0.101 e. The fraction of sp³-hybridized carbons (Fsp3) is 0.636. The van der Waals surface area contributed by atoms with E-state index in [4.69, 9.17) is 0 Å². The highest BCUT2D eigenvalue weighted by Crippen LogP contribution is 2.27. The summed E-state index contributed by atoms with van der Waals surface area (Å²) in [6, 6.07) is 4.59. The summed E-state index contributed by atoms with van der Waals surface area (Å²) in [4.78, 5) is 1.03. The van der Waals surface area contributed by atoms with Gasteiger partial charge in [0.05, 0.1) is 3.79 Å². The summed E-state index contributed by atoms with van der Waals surface area (Å²) in [6.07, 6.45) is 4.83. The van der Waals surface area contributed by atoms with Crippen molar-refractivity contribution < 1.29 is 5.11 Å². The predicted octanol–water partition coefficient (Wildman–Crippen LogP) is 3.08. The van der Waals surface area contributed by atoms with Crippen LogP contribution in [0.15, 0.2) is 15.9 Å². The zero-order chi connectivity index (χ0) is 10.7. The average molecular weight is 290 g/mol. The van der Waals surface area contributed by atoms with Gasteiger partial charge in [0.2, 0.25) is 0 Å². The molecule has 1 atom stereocenters. The number of thiophene rings is 1. The second-order valence-electron chi connectivity index (χ2n) is 4.05. The van der Waals surface area contributed by atoms with Gasteiger partial charge in [-0.1, -0.05) is 12.8 Å². The summed E-state index contributed by atoms with van der Waals surface area (Å²) < 4.78 is 1.08. The van der Waals surface area contributed by atoms with Crippen molar-refractivity contribution in [2.75, 3.05) is 6.54 Å². The zero-order valence-electron chi connectivity index (χ0n) is 8.58. The van der Waals surface area contributed by atoms with Crippen LogP contribution in [-0.2, 0) is 0 Å². The number of nitrogens with one attached hydrogen (secondary N) is 1. The average Bonchev–Trinajstić information content (AvgIpc) is 2.84. The lowest BCUT2D eigenvalue weighted by Gasteiger charge is -2.14. The van der Waals surface area contributed by atoms with Crippen molar-refractivity contribution in [1.82, 2.24) is 5.32 Å². The van der Waals surface area contributed by atoms with E-state index in [9.17, 15) is 5.11 Å². The highest BCUT2D eigenvalue weighted by molar-refractivity contribution is 9.11. The Balaban J connectivity index is 1.79. The molecular weight excluding hydrogens is 274 g/mol. The van der Waals surface area contributed by atoms with Crippen LogP contribution in [0.3, 0.4) is 0 Å². The molecule has 0 saturated heterocycles. The maximum Gasteiger partial charge on any atom is 0.101 e. The Morgan fingerprint density at radius 2 is 2.20 bits per heavy atom. The number of hydrogen-bond donors (Lipinski definition) is 2. The Morgan fingerprint density at radius 1 is 1.47 bits per heavy atom. The third kappa shape index (κ3) is 3.28. The summed E-state index contributed by atoms with van der Waals surface area (Å²) in [5.74, 6) is 0. The lowest BCUT2D eigenvalue weighted by Crippen LogP contribution is -2.30. The third-order valence-electron chi connectivity index (χ3n) is 2.88. The maximum absolute atomic E-state index is 9.92. The lowest BCUT2D eigenvalue weighted by atomic mass is 10.2. The van der Waals surface area contributed by atoms with E-state index in [2.05, 4.69) is 21.2 Å². The van der Waals surface area contributed by atoms with Crippen molar-refractivity contribution in [3.63, 3.8) is 0 Å². The molecule has 15 heavy (non-hydrogen) atoms. The van der Waals surface area contributed by atoms with Crippen LogP contribution in [0.4, 0.5) is 0 Å². The van der Waals surface area contributed by atoms with E-state index in [1.165, 1.54) is 25.7 Å². The first-order chi connectivity index (χ1) is 7.25. The Hall–Kier alpha value is 0.1000. The van der Waals surface area contributed by atoms with Crippen LogP contribution in [0.2, 0.25) is 0 Å².